The van der Waals surface area contributed by atoms with E-state index in [2.05, 4.69) is 86.7 Å². The molecule has 0 aromatic heterocycles. The summed E-state index contributed by atoms with van der Waals surface area (Å²) in [6.45, 7) is 5.71. The first-order chi connectivity index (χ1) is 14.8. The zero-order valence-corrected chi connectivity index (χ0v) is 18.9. The van der Waals surface area contributed by atoms with Crippen LogP contribution in [0, 0.1) is 5.92 Å². The smallest absolute Gasteiger partial charge is 0.0721 e. The highest BCUT2D eigenvalue weighted by Gasteiger charge is 2.21. The Bertz CT molecular complexity index is 774. The quantitative estimate of drug-likeness (QED) is 0.286. The van der Waals surface area contributed by atoms with Crippen LogP contribution in [0.4, 0.5) is 0 Å². The number of hydrogen-bond donors (Lipinski definition) is 0. The molecule has 0 radical (unpaired) electrons. The number of allylic oxidation sites excluding steroid dienone is 3. The van der Waals surface area contributed by atoms with Gasteiger partial charge in [0.2, 0.25) is 0 Å². The molecule has 0 saturated heterocycles. The Balaban J connectivity index is 1.49. The second kappa shape index (κ2) is 12.5. The summed E-state index contributed by atoms with van der Waals surface area (Å²) in [6.07, 6.45) is 17.9. The van der Waals surface area contributed by atoms with E-state index in [1.165, 1.54) is 54.4 Å². The molecule has 0 heterocycles. The van der Waals surface area contributed by atoms with Crippen LogP contribution in [0.25, 0.3) is 11.1 Å². The summed E-state index contributed by atoms with van der Waals surface area (Å²) in [5.41, 5.74) is 5.33. The van der Waals surface area contributed by atoms with Crippen molar-refractivity contribution in [3.05, 3.63) is 84.0 Å². The molecule has 30 heavy (non-hydrogen) atoms. The largest absolute Gasteiger partial charge is 0.373 e. The van der Waals surface area contributed by atoms with Crippen LogP contribution in [0.15, 0.2) is 72.8 Å². The highest BCUT2D eigenvalue weighted by Crippen LogP contribution is 2.37. The molecule has 0 atom stereocenters. The number of hydrogen-bond acceptors (Lipinski definition) is 1. The highest BCUT2D eigenvalue weighted by atomic mass is 16.5. The Kier molecular flexibility index (Phi) is 9.44. The average Bonchev–Trinajstić information content (AvgIpc) is 2.80. The van der Waals surface area contributed by atoms with E-state index in [4.69, 9.17) is 4.74 Å². The molecule has 0 bridgehead atoms. The Morgan fingerprint density at radius 3 is 1.97 bits per heavy atom. The van der Waals surface area contributed by atoms with Crippen molar-refractivity contribution in [1.29, 1.82) is 0 Å². The van der Waals surface area contributed by atoms with E-state index in [1.807, 2.05) is 0 Å². The van der Waals surface area contributed by atoms with Crippen LogP contribution in [0.3, 0.4) is 0 Å². The molecule has 160 valence electrons. The van der Waals surface area contributed by atoms with Gasteiger partial charge < -0.3 is 4.74 Å². The second-order valence-corrected chi connectivity index (χ2v) is 8.55. The molecule has 1 saturated carbocycles. The summed E-state index contributed by atoms with van der Waals surface area (Å²) in [5.74, 6) is 1.64. The summed E-state index contributed by atoms with van der Waals surface area (Å²) in [7, 11) is 0. The lowest BCUT2D eigenvalue weighted by atomic mass is 9.77. The SMILES string of the molecule is CCC=CCOCc1ccc(-c2ccc(C3CCC(C/C=C/CC)CC3)cc2)cc1. The maximum atomic E-state index is 5.69. The minimum Gasteiger partial charge on any atom is -0.373 e. The van der Waals surface area contributed by atoms with E-state index in [1.54, 1.807) is 0 Å². The Labute approximate surface area is 183 Å². The van der Waals surface area contributed by atoms with Gasteiger partial charge in [-0.3, -0.25) is 0 Å². The van der Waals surface area contributed by atoms with Crippen LogP contribution in [0.1, 0.15) is 75.8 Å². The second-order valence-electron chi connectivity index (χ2n) is 8.55. The predicted molar refractivity (Wildman–Crippen MR) is 130 cm³/mol. The predicted octanol–water partition coefficient (Wildman–Crippen LogP) is 8.47. The highest BCUT2D eigenvalue weighted by molar-refractivity contribution is 5.64. The monoisotopic (exact) mass is 402 g/mol. The van der Waals surface area contributed by atoms with Crippen molar-refractivity contribution in [2.45, 2.75) is 71.3 Å². The van der Waals surface area contributed by atoms with Crippen LogP contribution in [0.5, 0.6) is 0 Å². The molecule has 1 fully saturated rings. The van der Waals surface area contributed by atoms with Gasteiger partial charge in [0.05, 0.1) is 13.2 Å². The van der Waals surface area contributed by atoms with Crippen molar-refractivity contribution >= 4 is 0 Å². The fraction of sp³-hybridized carbons (Fsp3) is 0.448. The first-order valence-electron chi connectivity index (χ1n) is 11.9. The van der Waals surface area contributed by atoms with Crippen LogP contribution in [-0.2, 0) is 11.3 Å². The molecule has 3 rings (SSSR count). The van der Waals surface area contributed by atoms with Gasteiger partial charge in [0.15, 0.2) is 0 Å². The molecule has 0 amide bonds. The van der Waals surface area contributed by atoms with E-state index < -0.39 is 0 Å². The Morgan fingerprint density at radius 1 is 0.733 bits per heavy atom. The maximum absolute atomic E-state index is 5.69. The van der Waals surface area contributed by atoms with Crippen LogP contribution < -0.4 is 0 Å². The molecule has 2 aromatic carbocycles. The molecule has 2 aromatic rings. The lowest BCUT2D eigenvalue weighted by molar-refractivity contribution is 0.148. The van der Waals surface area contributed by atoms with Gasteiger partial charge in [-0.15, -0.1) is 0 Å². The van der Waals surface area contributed by atoms with Crippen molar-refractivity contribution in [2.24, 2.45) is 5.92 Å². The first kappa shape index (κ1) is 22.6. The number of benzene rings is 2. The van der Waals surface area contributed by atoms with Crippen LogP contribution in [0.2, 0.25) is 0 Å². The van der Waals surface area contributed by atoms with Crippen molar-refractivity contribution in [1.82, 2.24) is 0 Å². The van der Waals surface area contributed by atoms with E-state index in [0.717, 1.165) is 24.7 Å². The van der Waals surface area contributed by atoms with Crippen LogP contribution in [-0.4, -0.2) is 6.61 Å². The molecule has 0 unspecified atom stereocenters. The molecule has 0 spiro atoms. The molecule has 1 aliphatic carbocycles. The van der Waals surface area contributed by atoms with Gasteiger partial charge >= 0.3 is 0 Å². The molecule has 0 aliphatic heterocycles. The van der Waals surface area contributed by atoms with E-state index in [0.29, 0.717) is 13.2 Å². The Hall–Kier alpha value is -2.12. The van der Waals surface area contributed by atoms with Gasteiger partial charge in [0.25, 0.3) is 0 Å². The van der Waals surface area contributed by atoms with Gasteiger partial charge in [-0.25, -0.2) is 0 Å². The van der Waals surface area contributed by atoms with E-state index >= 15 is 0 Å². The van der Waals surface area contributed by atoms with Gasteiger partial charge in [-0.2, -0.15) is 0 Å². The van der Waals surface area contributed by atoms with E-state index in [-0.39, 0.29) is 0 Å². The first-order valence-corrected chi connectivity index (χ1v) is 11.9. The molecule has 1 heteroatoms. The molecular weight excluding hydrogens is 364 g/mol. The summed E-state index contributed by atoms with van der Waals surface area (Å²) in [4.78, 5) is 0. The summed E-state index contributed by atoms with van der Waals surface area (Å²) in [5, 5.41) is 0. The third-order valence-corrected chi connectivity index (χ3v) is 6.27. The molecule has 1 aliphatic rings. The zero-order chi connectivity index (χ0) is 21.0. The van der Waals surface area contributed by atoms with Crippen molar-refractivity contribution in [3.8, 4) is 11.1 Å². The zero-order valence-electron chi connectivity index (χ0n) is 18.9. The average molecular weight is 403 g/mol. The molecule has 1 nitrogen and oxygen atoms in total. The summed E-state index contributed by atoms with van der Waals surface area (Å²) >= 11 is 0. The van der Waals surface area contributed by atoms with Crippen molar-refractivity contribution < 1.29 is 4.74 Å². The summed E-state index contributed by atoms with van der Waals surface area (Å²) < 4.78 is 5.69. The number of ether oxygens (including phenoxy) is 1. The van der Waals surface area contributed by atoms with Crippen LogP contribution >= 0.6 is 0 Å². The third kappa shape index (κ3) is 6.99. The summed E-state index contributed by atoms with van der Waals surface area (Å²) in [6, 6.07) is 18.1. The van der Waals surface area contributed by atoms with Crippen molar-refractivity contribution in [2.75, 3.05) is 6.61 Å². The lowest BCUT2D eigenvalue weighted by Gasteiger charge is -2.28. The molecular formula is C29H38O. The minimum atomic E-state index is 0.671. The normalized spacial score (nSPS) is 19.7. The Morgan fingerprint density at radius 2 is 1.33 bits per heavy atom. The number of rotatable bonds is 10. The topological polar surface area (TPSA) is 9.23 Å². The minimum absolute atomic E-state index is 0.671. The van der Waals surface area contributed by atoms with E-state index in [9.17, 15) is 0 Å². The fourth-order valence-electron chi connectivity index (χ4n) is 4.41. The van der Waals surface area contributed by atoms with Gasteiger partial charge in [-0.05, 0) is 79.0 Å². The van der Waals surface area contributed by atoms with Gasteiger partial charge in [-0.1, -0.05) is 86.7 Å². The third-order valence-electron chi connectivity index (χ3n) is 6.27. The van der Waals surface area contributed by atoms with Gasteiger partial charge in [0, 0.05) is 0 Å². The van der Waals surface area contributed by atoms with Gasteiger partial charge in [0.1, 0.15) is 0 Å². The van der Waals surface area contributed by atoms with Crippen molar-refractivity contribution in [3.63, 3.8) is 0 Å². The standard InChI is InChI=1S/C29H38O/c1-3-5-7-9-24-10-14-26(15-11-24)28-18-20-29(21-19-28)27-16-12-25(13-17-27)23-30-22-8-6-4-2/h5-8,12-13,16-21,24,26H,3-4,9-11,14-15,22-23H2,1-2H3/b7-5+,8-6?. The maximum Gasteiger partial charge on any atom is 0.0721 e. The lowest BCUT2D eigenvalue weighted by Crippen LogP contribution is -2.12. The molecule has 0 N–H and O–H groups in total. The fourth-order valence-corrected chi connectivity index (χ4v) is 4.41.